The Bertz CT molecular complexity index is 552. The molecule has 0 saturated heterocycles. The second kappa shape index (κ2) is 6.37. The second-order valence-corrected chi connectivity index (χ2v) is 6.18. The Kier molecular flexibility index (Phi) is 4.78. The molecule has 0 aliphatic carbocycles. The summed E-state index contributed by atoms with van der Waals surface area (Å²) in [6.45, 7) is 6.47. The highest BCUT2D eigenvalue weighted by atomic mass is 32.1. The first-order chi connectivity index (χ1) is 9.50. The fraction of sp³-hybridized carbons (Fsp3) is 0.375. The molecule has 0 bridgehead atoms. The molecule has 108 valence electrons. The van der Waals surface area contributed by atoms with Crippen molar-refractivity contribution in [1.29, 1.82) is 0 Å². The third-order valence-corrected chi connectivity index (χ3v) is 4.15. The summed E-state index contributed by atoms with van der Waals surface area (Å²) in [5, 5.41) is 11.9. The first-order valence-electron chi connectivity index (χ1n) is 6.76. The summed E-state index contributed by atoms with van der Waals surface area (Å²) in [5.41, 5.74) is 1.14. The average Bonchev–Trinajstić information content (AvgIpc) is 2.87. The standard InChI is InChI=1S/C16H20FNOS/c1-11(2)18(10-13-6-5-9-20-13)15-8-4-7-14(17)16(15)12(3)19/h4-9,11-12,19H,10H2,1-3H3/t12-/m0/s1. The summed E-state index contributed by atoms with van der Waals surface area (Å²) < 4.78 is 14.0. The third-order valence-electron chi connectivity index (χ3n) is 3.29. The van der Waals surface area contributed by atoms with Crippen LogP contribution in [-0.2, 0) is 6.54 Å². The molecule has 2 aromatic rings. The maximum Gasteiger partial charge on any atom is 0.131 e. The molecule has 0 aliphatic heterocycles. The summed E-state index contributed by atoms with van der Waals surface area (Å²) in [7, 11) is 0. The zero-order valence-corrected chi connectivity index (χ0v) is 12.8. The van der Waals surface area contributed by atoms with Crippen molar-refractivity contribution in [3.05, 3.63) is 52.0 Å². The van der Waals surface area contributed by atoms with Crippen LogP contribution in [0.15, 0.2) is 35.7 Å². The Balaban J connectivity index is 2.42. The number of thiophene rings is 1. The van der Waals surface area contributed by atoms with Crippen molar-refractivity contribution < 1.29 is 9.50 Å². The van der Waals surface area contributed by atoms with E-state index in [1.165, 1.54) is 10.9 Å². The number of benzene rings is 1. The Morgan fingerprint density at radius 2 is 1.95 bits per heavy atom. The van der Waals surface area contributed by atoms with Gasteiger partial charge >= 0.3 is 0 Å². The monoisotopic (exact) mass is 293 g/mol. The first-order valence-corrected chi connectivity index (χ1v) is 7.64. The largest absolute Gasteiger partial charge is 0.389 e. The Morgan fingerprint density at radius 3 is 2.50 bits per heavy atom. The van der Waals surface area contributed by atoms with E-state index in [0.29, 0.717) is 5.56 Å². The molecule has 1 atom stereocenters. The van der Waals surface area contributed by atoms with Crippen molar-refractivity contribution in [2.75, 3.05) is 4.90 Å². The predicted octanol–water partition coefficient (Wildman–Crippen LogP) is 4.36. The van der Waals surface area contributed by atoms with Gasteiger partial charge in [0, 0.05) is 22.2 Å². The Hall–Kier alpha value is -1.39. The van der Waals surface area contributed by atoms with Gasteiger partial charge in [-0.15, -0.1) is 11.3 Å². The number of rotatable bonds is 5. The van der Waals surface area contributed by atoms with Crippen LogP contribution in [0.25, 0.3) is 0 Å². The lowest BCUT2D eigenvalue weighted by Crippen LogP contribution is -2.31. The summed E-state index contributed by atoms with van der Waals surface area (Å²) in [4.78, 5) is 3.34. The zero-order chi connectivity index (χ0) is 14.7. The van der Waals surface area contributed by atoms with Gasteiger partial charge in [0.1, 0.15) is 5.82 Å². The van der Waals surface area contributed by atoms with Crippen LogP contribution in [-0.4, -0.2) is 11.1 Å². The molecule has 1 N–H and O–H groups in total. The van der Waals surface area contributed by atoms with Crippen LogP contribution < -0.4 is 4.90 Å². The van der Waals surface area contributed by atoms with Gasteiger partial charge in [0.25, 0.3) is 0 Å². The number of nitrogens with zero attached hydrogens (tertiary/aromatic N) is 1. The molecule has 0 unspecified atom stereocenters. The van der Waals surface area contributed by atoms with E-state index in [1.807, 2.05) is 17.5 Å². The van der Waals surface area contributed by atoms with E-state index in [-0.39, 0.29) is 11.9 Å². The number of halogens is 1. The lowest BCUT2D eigenvalue weighted by atomic mass is 10.1. The van der Waals surface area contributed by atoms with E-state index in [0.717, 1.165) is 12.2 Å². The van der Waals surface area contributed by atoms with E-state index >= 15 is 0 Å². The fourth-order valence-corrected chi connectivity index (χ4v) is 3.01. The van der Waals surface area contributed by atoms with Gasteiger partial charge in [0.05, 0.1) is 12.6 Å². The zero-order valence-electron chi connectivity index (χ0n) is 12.0. The summed E-state index contributed by atoms with van der Waals surface area (Å²) in [5.74, 6) is -0.352. The van der Waals surface area contributed by atoms with Crippen molar-refractivity contribution in [1.82, 2.24) is 0 Å². The molecule has 2 rings (SSSR count). The highest BCUT2D eigenvalue weighted by Crippen LogP contribution is 2.31. The van der Waals surface area contributed by atoms with Crippen molar-refractivity contribution in [3.63, 3.8) is 0 Å². The molecular weight excluding hydrogens is 273 g/mol. The molecule has 0 fully saturated rings. The normalized spacial score (nSPS) is 12.7. The number of aliphatic hydroxyl groups excluding tert-OH is 1. The van der Waals surface area contributed by atoms with Crippen LogP contribution in [0.4, 0.5) is 10.1 Å². The molecular formula is C16H20FNOS. The molecule has 1 heterocycles. The van der Waals surface area contributed by atoms with Gasteiger partial charge in [-0.1, -0.05) is 12.1 Å². The molecule has 0 aliphatic rings. The minimum atomic E-state index is -0.823. The molecule has 0 radical (unpaired) electrons. The topological polar surface area (TPSA) is 23.5 Å². The first kappa shape index (κ1) is 15.0. The van der Waals surface area contributed by atoms with Gasteiger partial charge in [-0.25, -0.2) is 4.39 Å². The number of aliphatic hydroxyl groups is 1. The molecule has 0 amide bonds. The van der Waals surface area contributed by atoms with E-state index in [1.54, 1.807) is 24.3 Å². The minimum Gasteiger partial charge on any atom is -0.389 e. The van der Waals surface area contributed by atoms with Crippen molar-refractivity contribution in [2.24, 2.45) is 0 Å². The quantitative estimate of drug-likeness (QED) is 0.885. The fourth-order valence-electron chi connectivity index (χ4n) is 2.31. The highest BCUT2D eigenvalue weighted by Gasteiger charge is 2.20. The summed E-state index contributed by atoms with van der Waals surface area (Å²) in [6, 6.07) is 9.27. The van der Waals surface area contributed by atoms with Crippen LogP contribution in [0.2, 0.25) is 0 Å². The molecule has 0 spiro atoms. The van der Waals surface area contributed by atoms with Crippen LogP contribution in [0.1, 0.15) is 37.3 Å². The lowest BCUT2D eigenvalue weighted by Gasteiger charge is -2.31. The molecule has 4 heteroatoms. The van der Waals surface area contributed by atoms with Gasteiger partial charge < -0.3 is 10.0 Å². The summed E-state index contributed by atoms with van der Waals surface area (Å²) >= 11 is 1.68. The molecule has 2 nitrogen and oxygen atoms in total. The average molecular weight is 293 g/mol. The minimum absolute atomic E-state index is 0.219. The summed E-state index contributed by atoms with van der Waals surface area (Å²) in [6.07, 6.45) is -0.823. The SMILES string of the molecule is CC(C)N(Cc1cccs1)c1cccc(F)c1[C@H](C)O. The highest BCUT2D eigenvalue weighted by molar-refractivity contribution is 7.09. The van der Waals surface area contributed by atoms with Crippen molar-refractivity contribution in [2.45, 2.75) is 39.5 Å². The number of anilines is 1. The third kappa shape index (κ3) is 3.19. The van der Waals surface area contributed by atoms with Crippen LogP contribution in [0, 0.1) is 5.82 Å². The van der Waals surface area contributed by atoms with Gasteiger partial charge in [-0.2, -0.15) is 0 Å². The van der Waals surface area contributed by atoms with Gasteiger partial charge in [0.2, 0.25) is 0 Å². The second-order valence-electron chi connectivity index (χ2n) is 5.15. The molecule has 1 aromatic heterocycles. The van der Waals surface area contributed by atoms with Crippen LogP contribution in [0.5, 0.6) is 0 Å². The van der Waals surface area contributed by atoms with Gasteiger partial charge in [0.15, 0.2) is 0 Å². The van der Waals surface area contributed by atoms with Gasteiger partial charge in [-0.05, 0) is 44.4 Å². The maximum atomic E-state index is 14.0. The predicted molar refractivity (Wildman–Crippen MR) is 82.7 cm³/mol. The van der Waals surface area contributed by atoms with E-state index < -0.39 is 6.10 Å². The smallest absolute Gasteiger partial charge is 0.131 e. The number of hydrogen-bond donors (Lipinski definition) is 1. The van der Waals surface area contributed by atoms with Gasteiger partial charge in [-0.3, -0.25) is 0 Å². The Labute approximate surface area is 123 Å². The Morgan fingerprint density at radius 1 is 1.20 bits per heavy atom. The molecule has 20 heavy (non-hydrogen) atoms. The van der Waals surface area contributed by atoms with E-state index in [2.05, 4.69) is 24.8 Å². The van der Waals surface area contributed by atoms with Crippen molar-refractivity contribution >= 4 is 17.0 Å². The van der Waals surface area contributed by atoms with Crippen LogP contribution >= 0.6 is 11.3 Å². The number of hydrogen-bond acceptors (Lipinski definition) is 3. The molecule has 1 aromatic carbocycles. The van der Waals surface area contributed by atoms with Crippen molar-refractivity contribution in [3.8, 4) is 0 Å². The van der Waals surface area contributed by atoms with E-state index in [4.69, 9.17) is 0 Å². The molecule has 0 saturated carbocycles. The maximum absolute atomic E-state index is 14.0. The lowest BCUT2D eigenvalue weighted by molar-refractivity contribution is 0.194. The van der Waals surface area contributed by atoms with E-state index in [9.17, 15) is 9.50 Å². The van der Waals surface area contributed by atoms with Crippen LogP contribution in [0.3, 0.4) is 0 Å².